The standard InChI is InChI=1S/C15H18ClF3N2O3S/c1-21(11-5-7-25(23,24)9-11)14(22)4-6-20-10-2-3-13(16)12(8-10)15(17,18)19/h2-3,8,11,20H,4-7,9H2,1H3. The van der Waals surface area contributed by atoms with E-state index in [0.717, 1.165) is 12.1 Å². The van der Waals surface area contributed by atoms with Crippen LogP contribution in [-0.4, -0.2) is 50.4 Å². The maximum absolute atomic E-state index is 12.8. The summed E-state index contributed by atoms with van der Waals surface area (Å²) in [5.74, 6) is -0.243. The molecule has 25 heavy (non-hydrogen) atoms. The minimum Gasteiger partial charge on any atom is -0.385 e. The van der Waals surface area contributed by atoms with E-state index < -0.39 is 26.6 Å². The normalized spacial score (nSPS) is 19.6. The number of nitrogens with zero attached hydrogens (tertiary/aromatic N) is 1. The molecule has 1 atom stereocenters. The number of rotatable bonds is 5. The van der Waals surface area contributed by atoms with Crippen LogP contribution < -0.4 is 5.32 Å². The van der Waals surface area contributed by atoms with Gasteiger partial charge >= 0.3 is 6.18 Å². The lowest BCUT2D eigenvalue weighted by Crippen LogP contribution is -2.38. The molecule has 2 rings (SSSR count). The van der Waals surface area contributed by atoms with E-state index in [-0.39, 0.29) is 42.1 Å². The molecule has 1 amide bonds. The fourth-order valence-electron chi connectivity index (χ4n) is 2.63. The predicted octanol–water partition coefficient (Wildman–Crippen LogP) is 2.81. The summed E-state index contributed by atoms with van der Waals surface area (Å²) in [7, 11) is -1.55. The first-order valence-corrected chi connectivity index (χ1v) is 9.76. The third-order valence-corrected chi connectivity index (χ3v) is 6.17. The van der Waals surface area contributed by atoms with Crippen molar-refractivity contribution in [1.82, 2.24) is 4.90 Å². The van der Waals surface area contributed by atoms with E-state index in [0.29, 0.717) is 6.42 Å². The van der Waals surface area contributed by atoms with Gasteiger partial charge < -0.3 is 10.2 Å². The van der Waals surface area contributed by atoms with Crippen LogP contribution in [0.15, 0.2) is 18.2 Å². The number of hydrogen-bond donors (Lipinski definition) is 1. The molecule has 1 aromatic carbocycles. The number of anilines is 1. The van der Waals surface area contributed by atoms with Gasteiger partial charge in [-0.1, -0.05) is 11.6 Å². The second kappa shape index (κ2) is 7.41. The quantitative estimate of drug-likeness (QED) is 0.828. The van der Waals surface area contributed by atoms with Crippen molar-refractivity contribution in [3.05, 3.63) is 28.8 Å². The van der Waals surface area contributed by atoms with Crippen molar-refractivity contribution in [2.24, 2.45) is 0 Å². The van der Waals surface area contributed by atoms with E-state index in [1.165, 1.54) is 18.0 Å². The molecule has 0 aromatic heterocycles. The Hall–Kier alpha value is -1.48. The molecule has 5 nitrogen and oxygen atoms in total. The van der Waals surface area contributed by atoms with Crippen LogP contribution in [0.5, 0.6) is 0 Å². The number of halogens is 4. The van der Waals surface area contributed by atoms with Crippen LogP contribution >= 0.6 is 11.6 Å². The lowest BCUT2D eigenvalue weighted by molar-refractivity contribution is -0.137. The molecule has 0 aliphatic carbocycles. The van der Waals surface area contributed by atoms with Crippen molar-refractivity contribution >= 4 is 33.0 Å². The van der Waals surface area contributed by atoms with Crippen molar-refractivity contribution in [2.45, 2.75) is 25.1 Å². The summed E-state index contributed by atoms with van der Waals surface area (Å²) in [6.45, 7) is 0.127. The van der Waals surface area contributed by atoms with Gasteiger partial charge in [0.05, 0.1) is 22.1 Å². The minimum absolute atomic E-state index is 0.0387. The minimum atomic E-state index is -4.56. The van der Waals surface area contributed by atoms with E-state index >= 15 is 0 Å². The average molecular weight is 399 g/mol. The molecule has 10 heteroatoms. The molecule has 0 saturated carbocycles. The molecule has 1 fully saturated rings. The Kier molecular flexibility index (Phi) is 5.88. The van der Waals surface area contributed by atoms with Crippen LogP contribution in [-0.2, 0) is 20.8 Å². The number of benzene rings is 1. The number of hydrogen-bond acceptors (Lipinski definition) is 4. The zero-order valence-electron chi connectivity index (χ0n) is 13.4. The van der Waals surface area contributed by atoms with E-state index in [9.17, 15) is 26.4 Å². The Bertz CT molecular complexity index is 753. The third-order valence-electron chi connectivity index (χ3n) is 4.09. The highest BCUT2D eigenvalue weighted by Gasteiger charge is 2.34. The Balaban J connectivity index is 1.89. The second-order valence-corrected chi connectivity index (χ2v) is 8.57. The number of carbonyl (C=O) groups is 1. The first-order valence-electron chi connectivity index (χ1n) is 7.56. The zero-order chi connectivity index (χ0) is 18.8. The zero-order valence-corrected chi connectivity index (χ0v) is 15.0. The first-order chi connectivity index (χ1) is 11.5. The van der Waals surface area contributed by atoms with Crippen LogP contribution in [0.25, 0.3) is 0 Å². The summed E-state index contributed by atoms with van der Waals surface area (Å²) in [4.78, 5) is 13.5. The Morgan fingerprint density at radius 1 is 1.40 bits per heavy atom. The number of carbonyl (C=O) groups excluding carboxylic acids is 1. The molecule has 0 bridgehead atoms. The molecule has 1 aromatic rings. The van der Waals surface area contributed by atoms with E-state index in [4.69, 9.17) is 11.6 Å². The van der Waals surface area contributed by atoms with Crippen LogP contribution in [0.3, 0.4) is 0 Å². The van der Waals surface area contributed by atoms with Crippen molar-refractivity contribution in [3.8, 4) is 0 Å². The maximum Gasteiger partial charge on any atom is 0.417 e. The summed E-state index contributed by atoms with van der Waals surface area (Å²) in [6, 6.07) is 3.09. The largest absolute Gasteiger partial charge is 0.417 e. The van der Waals surface area contributed by atoms with Gasteiger partial charge in [-0.3, -0.25) is 4.79 Å². The van der Waals surface area contributed by atoms with Gasteiger partial charge in [-0.15, -0.1) is 0 Å². The van der Waals surface area contributed by atoms with Crippen molar-refractivity contribution in [1.29, 1.82) is 0 Å². The van der Waals surface area contributed by atoms with Gasteiger partial charge in [0, 0.05) is 31.7 Å². The van der Waals surface area contributed by atoms with Gasteiger partial charge in [0.1, 0.15) is 0 Å². The van der Waals surface area contributed by atoms with Crippen LogP contribution in [0.1, 0.15) is 18.4 Å². The van der Waals surface area contributed by atoms with E-state index in [1.807, 2.05) is 0 Å². The van der Waals surface area contributed by atoms with Gasteiger partial charge in [0.15, 0.2) is 9.84 Å². The van der Waals surface area contributed by atoms with Crippen LogP contribution in [0.2, 0.25) is 5.02 Å². The molecule has 1 N–H and O–H groups in total. The van der Waals surface area contributed by atoms with Crippen molar-refractivity contribution in [3.63, 3.8) is 0 Å². The van der Waals surface area contributed by atoms with Gasteiger partial charge in [0.25, 0.3) is 0 Å². The van der Waals surface area contributed by atoms with Gasteiger partial charge in [-0.2, -0.15) is 13.2 Å². The van der Waals surface area contributed by atoms with Crippen LogP contribution in [0, 0.1) is 0 Å². The summed E-state index contributed by atoms with van der Waals surface area (Å²) in [5, 5.41) is 2.36. The first kappa shape index (κ1) is 19.8. The molecule has 1 heterocycles. The highest BCUT2D eigenvalue weighted by molar-refractivity contribution is 7.91. The molecule has 0 radical (unpaired) electrons. The predicted molar refractivity (Wildman–Crippen MR) is 89.4 cm³/mol. The van der Waals surface area contributed by atoms with E-state index in [1.54, 1.807) is 0 Å². The van der Waals surface area contributed by atoms with Crippen molar-refractivity contribution < 1.29 is 26.4 Å². The number of alkyl halides is 3. The third kappa shape index (κ3) is 5.24. The molecule has 1 aliphatic rings. The smallest absolute Gasteiger partial charge is 0.385 e. The summed E-state index contributed by atoms with van der Waals surface area (Å²) >= 11 is 5.54. The van der Waals surface area contributed by atoms with Crippen LogP contribution in [0.4, 0.5) is 18.9 Å². The Morgan fingerprint density at radius 3 is 2.64 bits per heavy atom. The molecule has 0 spiro atoms. The fourth-order valence-corrected chi connectivity index (χ4v) is 4.63. The topological polar surface area (TPSA) is 66.5 Å². The monoisotopic (exact) mass is 398 g/mol. The molecule has 1 unspecified atom stereocenters. The Labute approximate surface area is 149 Å². The lowest BCUT2D eigenvalue weighted by atomic mass is 10.2. The van der Waals surface area contributed by atoms with Crippen molar-refractivity contribution in [2.75, 3.05) is 30.4 Å². The molecule has 1 aliphatic heterocycles. The van der Waals surface area contributed by atoms with Gasteiger partial charge in [0.2, 0.25) is 5.91 Å². The van der Waals surface area contributed by atoms with Gasteiger partial charge in [-0.25, -0.2) is 8.42 Å². The summed E-state index contributed by atoms with van der Waals surface area (Å²) < 4.78 is 61.3. The fraction of sp³-hybridized carbons (Fsp3) is 0.533. The molecular formula is C15H18ClF3N2O3S. The highest BCUT2D eigenvalue weighted by atomic mass is 35.5. The number of amides is 1. The molecule has 140 valence electrons. The number of nitrogens with one attached hydrogen (secondary N) is 1. The SMILES string of the molecule is CN(C(=O)CCNc1ccc(Cl)c(C(F)(F)F)c1)C1CCS(=O)(=O)C1. The average Bonchev–Trinajstić information content (AvgIpc) is 2.87. The summed E-state index contributed by atoms with van der Waals surface area (Å²) in [6.07, 6.45) is -4.11. The lowest BCUT2D eigenvalue weighted by Gasteiger charge is -2.23. The molecule has 1 saturated heterocycles. The number of sulfone groups is 1. The second-order valence-electron chi connectivity index (χ2n) is 5.93. The Morgan fingerprint density at radius 2 is 2.08 bits per heavy atom. The van der Waals surface area contributed by atoms with Gasteiger partial charge in [-0.05, 0) is 24.6 Å². The van der Waals surface area contributed by atoms with E-state index in [2.05, 4.69) is 5.32 Å². The summed E-state index contributed by atoms with van der Waals surface area (Å²) in [5.41, 5.74) is -0.741. The molecular weight excluding hydrogens is 381 g/mol. The highest BCUT2D eigenvalue weighted by Crippen LogP contribution is 2.36. The maximum atomic E-state index is 12.8.